The topological polar surface area (TPSA) is 99.8 Å². The van der Waals surface area contributed by atoms with Crippen LogP contribution < -0.4 is 10.1 Å². The van der Waals surface area contributed by atoms with Crippen molar-refractivity contribution in [1.82, 2.24) is 20.5 Å². The standard InChI is InChI=1S/C27H27N5O2/c1-16(2)34-26-10-7-18(12-19(26)13-28)27-30-25(15-33-27)23-6-4-5-22-21(23)8-9-24(22)29-14-20-11-17(3)31-32-20/h4-7,10-12,15-16,24,29H,8-9,14H2,1-3H3,(H,31,32)/t24-/m0/s1. The highest BCUT2D eigenvalue weighted by atomic mass is 16.5. The summed E-state index contributed by atoms with van der Waals surface area (Å²) in [5.74, 6) is 1.06. The fourth-order valence-electron chi connectivity index (χ4n) is 4.54. The molecule has 0 bridgehead atoms. The molecule has 0 fully saturated rings. The molecule has 2 heterocycles. The number of nitriles is 1. The maximum absolute atomic E-state index is 9.54. The summed E-state index contributed by atoms with van der Waals surface area (Å²) in [4.78, 5) is 4.77. The lowest BCUT2D eigenvalue weighted by molar-refractivity contribution is 0.242. The molecule has 172 valence electrons. The molecule has 2 N–H and O–H groups in total. The third-order valence-corrected chi connectivity index (χ3v) is 6.06. The van der Waals surface area contributed by atoms with Crippen LogP contribution in [0.2, 0.25) is 0 Å². The minimum Gasteiger partial charge on any atom is -0.490 e. The van der Waals surface area contributed by atoms with E-state index >= 15 is 0 Å². The van der Waals surface area contributed by atoms with E-state index in [0.717, 1.165) is 47.6 Å². The van der Waals surface area contributed by atoms with Gasteiger partial charge in [0.15, 0.2) is 0 Å². The normalized spacial score (nSPS) is 14.9. The largest absolute Gasteiger partial charge is 0.490 e. The first-order valence-corrected chi connectivity index (χ1v) is 11.5. The Bertz CT molecular complexity index is 1360. The van der Waals surface area contributed by atoms with Crippen molar-refractivity contribution in [1.29, 1.82) is 5.26 Å². The van der Waals surface area contributed by atoms with Crippen molar-refractivity contribution in [3.05, 3.63) is 76.8 Å². The zero-order valence-corrected chi connectivity index (χ0v) is 19.6. The van der Waals surface area contributed by atoms with Gasteiger partial charge in [-0.15, -0.1) is 0 Å². The molecular weight excluding hydrogens is 426 g/mol. The molecule has 2 aromatic carbocycles. The Balaban J connectivity index is 1.38. The molecule has 0 saturated heterocycles. The van der Waals surface area contributed by atoms with Crippen molar-refractivity contribution in [3.8, 4) is 34.5 Å². The Labute approximate surface area is 198 Å². The molecule has 7 nitrogen and oxygen atoms in total. The van der Waals surface area contributed by atoms with E-state index in [9.17, 15) is 5.26 Å². The lowest BCUT2D eigenvalue weighted by atomic mass is 10.0. The number of aromatic amines is 1. The van der Waals surface area contributed by atoms with E-state index in [1.165, 1.54) is 11.1 Å². The number of fused-ring (bicyclic) bond motifs is 1. The van der Waals surface area contributed by atoms with Gasteiger partial charge in [-0.3, -0.25) is 5.10 Å². The van der Waals surface area contributed by atoms with Crippen LogP contribution >= 0.6 is 0 Å². The van der Waals surface area contributed by atoms with E-state index in [0.29, 0.717) is 17.2 Å². The van der Waals surface area contributed by atoms with E-state index in [4.69, 9.17) is 14.1 Å². The number of rotatable bonds is 7. The van der Waals surface area contributed by atoms with Crippen LogP contribution in [-0.2, 0) is 13.0 Å². The van der Waals surface area contributed by atoms with Crippen LogP contribution in [0.1, 0.15) is 54.4 Å². The second-order valence-electron chi connectivity index (χ2n) is 8.91. The summed E-state index contributed by atoms with van der Waals surface area (Å²) >= 11 is 0. The molecule has 0 saturated carbocycles. The molecule has 0 amide bonds. The van der Waals surface area contributed by atoms with E-state index < -0.39 is 0 Å². The fourth-order valence-corrected chi connectivity index (χ4v) is 4.54. The highest BCUT2D eigenvalue weighted by molar-refractivity contribution is 5.69. The number of nitrogens with zero attached hydrogens (tertiary/aromatic N) is 3. The number of hydrogen-bond acceptors (Lipinski definition) is 6. The molecule has 2 aromatic heterocycles. The third kappa shape index (κ3) is 4.33. The molecule has 7 heteroatoms. The number of nitrogens with one attached hydrogen (secondary N) is 2. The van der Waals surface area contributed by atoms with Crippen molar-refractivity contribution in [2.45, 2.75) is 52.3 Å². The first-order valence-electron chi connectivity index (χ1n) is 11.5. The van der Waals surface area contributed by atoms with Crippen LogP contribution in [-0.4, -0.2) is 21.3 Å². The predicted molar refractivity (Wildman–Crippen MR) is 129 cm³/mol. The SMILES string of the molecule is Cc1cc(CN[C@H]2CCc3c(-c4coc(-c5ccc(OC(C)C)c(C#N)c5)n4)cccc32)[nH]n1. The van der Waals surface area contributed by atoms with Crippen LogP contribution in [0.15, 0.2) is 53.1 Å². The second-order valence-corrected chi connectivity index (χ2v) is 8.91. The van der Waals surface area contributed by atoms with E-state index in [2.05, 4.69) is 45.8 Å². The smallest absolute Gasteiger partial charge is 0.226 e. The maximum atomic E-state index is 9.54. The fraction of sp³-hybridized carbons (Fsp3) is 0.296. The summed E-state index contributed by atoms with van der Waals surface area (Å²) in [5.41, 5.74) is 7.81. The van der Waals surface area contributed by atoms with Crippen molar-refractivity contribution in [3.63, 3.8) is 0 Å². The van der Waals surface area contributed by atoms with Crippen LogP contribution in [0.25, 0.3) is 22.7 Å². The summed E-state index contributed by atoms with van der Waals surface area (Å²) in [6, 6.07) is 16.4. The molecule has 0 aliphatic heterocycles. The number of H-pyrrole nitrogens is 1. The number of aryl methyl sites for hydroxylation is 1. The van der Waals surface area contributed by atoms with Crippen molar-refractivity contribution >= 4 is 0 Å². The highest BCUT2D eigenvalue weighted by Gasteiger charge is 2.26. The van der Waals surface area contributed by atoms with Gasteiger partial charge in [-0.25, -0.2) is 4.98 Å². The average Bonchev–Trinajstić information content (AvgIpc) is 3.57. The van der Waals surface area contributed by atoms with Gasteiger partial charge in [-0.05, 0) is 69.0 Å². The molecular formula is C27H27N5O2. The van der Waals surface area contributed by atoms with Crippen LogP contribution in [0, 0.1) is 18.3 Å². The van der Waals surface area contributed by atoms with Crippen LogP contribution in [0.3, 0.4) is 0 Å². The zero-order valence-electron chi connectivity index (χ0n) is 19.6. The van der Waals surface area contributed by atoms with Gasteiger partial charge in [-0.2, -0.15) is 10.4 Å². The summed E-state index contributed by atoms with van der Waals surface area (Å²) < 4.78 is 11.6. The Kier molecular flexibility index (Phi) is 5.91. The van der Waals surface area contributed by atoms with Gasteiger partial charge in [0.2, 0.25) is 5.89 Å². The number of aromatic nitrogens is 3. The van der Waals surface area contributed by atoms with Crippen LogP contribution in [0.5, 0.6) is 5.75 Å². The molecule has 0 radical (unpaired) electrons. The summed E-state index contributed by atoms with van der Waals surface area (Å²) in [5, 5.41) is 20.5. The molecule has 4 aromatic rings. The summed E-state index contributed by atoms with van der Waals surface area (Å²) in [6.07, 6.45) is 3.71. The van der Waals surface area contributed by atoms with Crippen LogP contribution in [0.4, 0.5) is 0 Å². The number of oxazole rings is 1. The molecule has 0 spiro atoms. The summed E-state index contributed by atoms with van der Waals surface area (Å²) in [6.45, 7) is 6.61. The Morgan fingerprint density at radius 3 is 2.91 bits per heavy atom. The van der Waals surface area contributed by atoms with Crippen molar-refractivity contribution in [2.24, 2.45) is 0 Å². The van der Waals surface area contributed by atoms with E-state index in [1.807, 2.05) is 26.8 Å². The van der Waals surface area contributed by atoms with Crippen molar-refractivity contribution < 1.29 is 9.15 Å². The zero-order chi connectivity index (χ0) is 23.7. The number of ether oxygens (including phenoxy) is 1. The monoisotopic (exact) mass is 453 g/mol. The Morgan fingerprint density at radius 2 is 2.15 bits per heavy atom. The molecule has 5 rings (SSSR count). The number of hydrogen-bond donors (Lipinski definition) is 2. The molecule has 1 aliphatic rings. The van der Waals surface area contributed by atoms with E-state index in [1.54, 1.807) is 18.4 Å². The average molecular weight is 454 g/mol. The first kappa shape index (κ1) is 21.9. The minimum absolute atomic E-state index is 0.00613. The van der Waals surface area contributed by atoms with Gasteiger partial charge in [0.25, 0.3) is 0 Å². The number of benzene rings is 2. The Morgan fingerprint density at radius 1 is 1.26 bits per heavy atom. The second kappa shape index (κ2) is 9.16. The van der Waals surface area contributed by atoms with Gasteiger partial charge in [0.1, 0.15) is 23.8 Å². The minimum atomic E-state index is -0.00613. The van der Waals surface area contributed by atoms with Gasteiger partial charge in [0, 0.05) is 29.4 Å². The van der Waals surface area contributed by atoms with Gasteiger partial charge < -0.3 is 14.5 Å². The third-order valence-electron chi connectivity index (χ3n) is 6.06. The van der Waals surface area contributed by atoms with Crippen molar-refractivity contribution in [2.75, 3.05) is 0 Å². The first-order chi connectivity index (χ1) is 16.5. The van der Waals surface area contributed by atoms with E-state index in [-0.39, 0.29) is 12.1 Å². The highest BCUT2D eigenvalue weighted by Crippen LogP contribution is 2.38. The molecule has 1 aliphatic carbocycles. The summed E-state index contributed by atoms with van der Waals surface area (Å²) in [7, 11) is 0. The molecule has 1 atom stereocenters. The van der Waals surface area contributed by atoms with Gasteiger partial charge >= 0.3 is 0 Å². The molecule has 0 unspecified atom stereocenters. The van der Waals surface area contributed by atoms with Gasteiger partial charge in [0.05, 0.1) is 17.4 Å². The maximum Gasteiger partial charge on any atom is 0.226 e. The molecule has 34 heavy (non-hydrogen) atoms. The Hall–Kier alpha value is -3.89. The quantitative estimate of drug-likeness (QED) is 0.385. The predicted octanol–water partition coefficient (Wildman–Crippen LogP) is 5.48. The van der Waals surface area contributed by atoms with Gasteiger partial charge in [-0.1, -0.05) is 18.2 Å². The lowest BCUT2D eigenvalue weighted by Gasteiger charge is -2.14. The lowest BCUT2D eigenvalue weighted by Crippen LogP contribution is -2.18.